The van der Waals surface area contributed by atoms with Crippen LogP contribution < -0.4 is 20.7 Å². The summed E-state index contributed by atoms with van der Waals surface area (Å²) in [5, 5.41) is 2.26. The zero-order chi connectivity index (χ0) is 26.3. The van der Waals surface area contributed by atoms with E-state index in [9.17, 15) is 18.4 Å². The molecule has 7 heteroatoms. The van der Waals surface area contributed by atoms with Crippen LogP contribution in [0.15, 0.2) is 109 Å². The Morgan fingerprint density at radius 1 is 0.730 bits per heavy atom. The first-order valence-corrected chi connectivity index (χ1v) is 13.5. The molecule has 0 bridgehead atoms. The van der Waals surface area contributed by atoms with Crippen LogP contribution in [0.1, 0.15) is 6.92 Å². The van der Waals surface area contributed by atoms with Crippen LogP contribution in [0, 0.1) is 11.6 Å². The van der Waals surface area contributed by atoms with Gasteiger partial charge in [-0.2, -0.15) is 0 Å². The van der Waals surface area contributed by atoms with Crippen LogP contribution in [-0.4, -0.2) is 30.3 Å². The molecule has 0 aromatic heterocycles. The largest absolute Gasteiger partial charge is 0.482 e. The molecule has 0 unspecified atom stereocenters. The summed E-state index contributed by atoms with van der Waals surface area (Å²) in [6.45, 7) is -2.00. The highest BCUT2D eigenvalue weighted by Crippen LogP contribution is 2.46. The second-order valence-corrected chi connectivity index (χ2v) is 11.4. The minimum absolute atomic E-state index is 0.0570. The maximum absolute atomic E-state index is 14.2. The molecule has 0 spiro atoms. The number of halogens is 2. The molecule has 37 heavy (non-hydrogen) atoms. The summed E-state index contributed by atoms with van der Waals surface area (Å²) in [6, 6.07) is 30.9. The van der Waals surface area contributed by atoms with Gasteiger partial charge in [-0.25, -0.2) is 13.6 Å². The van der Waals surface area contributed by atoms with Crippen molar-refractivity contribution < 1.29 is 27.8 Å². The minimum Gasteiger partial charge on any atom is -0.482 e. The van der Waals surface area contributed by atoms with Gasteiger partial charge in [0.2, 0.25) is 5.78 Å². The van der Waals surface area contributed by atoms with Crippen LogP contribution in [0.25, 0.3) is 0 Å². The lowest BCUT2D eigenvalue weighted by Gasteiger charge is -2.31. The molecule has 4 rings (SSSR count). The third-order valence-electron chi connectivity index (χ3n) is 5.75. The van der Waals surface area contributed by atoms with Gasteiger partial charge in [0.1, 0.15) is 11.1 Å². The molecule has 4 aromatic carbocycles. The molecule has 0 amide bonds. The molecule has 0 fully saturated rings. The number of ketones is 1. The molecular weight excluding hydrogens is 493 g/mol. The van der Waals surface area contributed by atoms with Gasteiger partial charge in [-0.05, 0) is 41.9 Å². The molecule has 4 nitrogen and oxygen atoms in total. The number of carbonyl (C=O) groups excluding carboxylic acids is 2. The fourth-order valence-corrected chi connectivity index (χ4v) is 8.53. The highest BCUT2D eigenvalue weighted by Gasteiger charge is 2.37. The highest BCUT2D eigenvalue weighted by atomic mass is 31.2. The first kappa shape index (κ1) is 26.1. The number of esters is 1. The lowest BCUT2D eigenvalue weighted by Crippen LogP contribution is -2.40. The predicted octanol–water partition coefficient (Wildman–Crippen LogP) is 4.64. The molecule has 0 heterocycles. The van der Waals surface area contributed by atoms with Crippen molar-refractivity contribution >= 4 is 39.8 Å². The highest BCUT2D eigenvalue weighted by molar-refractivity contribution is 7.97. The van der Waals surface area contributed by atoms with E-state index >= 15 is 0 Å². The van der Waals surface area contributed by atoms with Crippen molar-refractivity contribution in [1.29, 1.82) is 0 Å². The van der Waals surface area contributed by atoms with Gasteiger partial charge in [0.15, 0.2) is 18.2 Å². The van der Waals surface area contributed by atoms with E-state index in [0.717, 1.165) is 28.0 Å². The van der Waals surface area contributed by atoms with E-state index in [-0.39, 0.29) is 17.6 Å². The fraction of sp³-hybridized carbons (Fsp3) is 0.100. The van der Waals surface area contributed by atoms with Crippen LogP contribution in [0.2, 0.25) is 0 Å². The number of rotatable bonds is 9. The van der Waals surface area contributed by atoms with Gasteiger partial charge in [-0.3, -0.25) is 4.79 Å². The number of hydrogen-bond acceptors (Lipinski definition) is 4. The quantitative estimate of drug-likeness (QED) is 0.184. The van der Waals surface area contributed by atoms with Gasteiger partial charge in [-0.15, -0.1) is 0 Å². The Morgan fingerprint density at radius 3 is 1.65 bits per heavy atom. The molecule has 0 aliphatic heterocycles. The SMILES string of the molecule is CCOC(=O)C(C(=O)COc1ccc(F)cc1F)=P(c1ccccc1)(c1ccccc1)c1ccccc1. The van der Waals surface area contributed by atoms with E-state index in [1.165, 1.54) is 0 Å². The molecule has 0 aliphatic carbocycles. The Bertz CT molecular complexity index is 1340. The standard InChI is InChI=1S/C30H25F2O4P/c1-2-35-30(34)29(27(33)21-36-28-19-18-22(31)20-26(28)32)37(23-12-6-3-7-13-23,24-14-8-4-9-15-24)25-16-10-5-11-17-25/h3-20H,2,21H2,1H3. The van der Waals surface area contributed by atoms with Gasteiger partial charge >= 0.3 is 5.97 Å². The Balaban J connectivity index is 2.03. The average Bonchev–Trinajstić information content (AvgIpc) is 2.92. The monoisotopic (exact) mass is 518 g/mol. The van der Waals surface area contributed by atoms with Gasteiger partial charge < -0.3 is 9.47 Å². The zero-order valence-corrected chi connectivity index (χ0v) is 21.0. The summed E-state index contributed by atoms with van der Waals surface area (Å²) >= 11 is 0. The number of ether oxygens (including phenoxy) is 2. The topological polar surface area (TPSA) is 52.6 Å². The van der Waals surface area contributed by atoms with E-state index in [0.29, 0.717) is 6.07 Å². The van der Waals surface area contributed by atoms with E-state index < -0.39 is 36.9 Å². The fourth-order valence-electron chi connectivity index (χ4n) is 4.23. The van der Waals surface area contributed by atoms with Crippen molar-refractivity contribution in [3.8, 4) is 5.75 Å². The maximum Gasteiger partial charge on any atom is 0.342 e. The van der Waals surface area contributed by atoms with Gasteiger partial charge in [-0.1, -0.05) is 91.0 Å². The van der Waals surface area contributed by atoms with E-state index in [2.05, 4.69) is 0 Å². The molecule has 0 radical (unpaired) electrons. The summed E-state index contributed by atoms with van der Waals surface area (Å²) in [6.07, 6.45) is 0. The number of benzene rings is 4. The summed E-state index contributed by atoms with van der Waals surface area (Å²) in [5.74, 6) is -3.41. The molecule has 0 saturated heterocycles. The van der Waals surface area contributed by atoms with Crippen molar-refractivity contribution in [1.82, 2.24) is 0 Å². The van der Waals surface area contributed by atoms with Crippen LogP contribution in [-0.2, 0) is 14.3 Å². The predicted molar refractivity (Wildman–Crippen MR) is 144 cm³/mol. The van der Waals surface area contributed by atoms with Gasteiger partial charge in [0, 0.05) is 6.07 Å². The normalized spacial score (nSPS) is 11.0. The Labute approximate surface area is 214 Å². The Morgan fingerprint density at radius 2 is 1.22 bits per heavy atom. The lowest BCUT2D eigenvalue weighted by atomic mass is 10.3. The molecule has 0 saturated carbocycles. The number of hydrogen-bond donors (Lipinski definition) is 0. The summed E-state index contributed by atoms with van der Waals surface area (Å²) in [4.78, 5) is 27.6. The number of Topliss-reactive ketones (excluding diaryl/α,β-unsaturated/α-hetero) is 1. The third kappa shape index (κ3) is 5.40. The van der Waals surface area contributed by atoms with E-state index in [4.69, 9.17) is 9.47 Å². The first-order valence-electron chi connectivity index (χ1n) is 11.7. The average molecular weight is 518 g/mol. The lowest BCUT2D eigenvalue weighted by molar-refractivity contribution is -0.135. The molecular formula is C30H25F2O4P. The zero-order valence-electron chi connectivity index (χ0n) is 20.1. The summed E-state index contributed by atoms with van der Waals surface area (Å²) in [5.41, 5.74) is 0. The molecule has 0 N–H and O–H groups in total. The van der Waals surface area contributed by atoms with Crippen LogP contribution >= 0.6 is 6.89 Å². The van der Waals surface area contributed by atoms with Crippen LogP contribution in [0.3, 0.4) is 0 Å². The third-order valence-corrected chi connectivity index (χ3v) is 10.1. The Kier molecular flexibility index (Phi) is 8.32. The summed E-state index contributed by atoms with van der Waals surface area (Å²) in [7, 11) is 0. The molecule has 0 atom stereocenters. The Hall–Kier alpha value is -4.02. The van der Waals surface area contributed by atoms with Gasteiger partial charge in [0.05, 0.1) is 6.61 Å². The van der Waals surface area contributed by atoms with Crippen molar-refractivity contribution in [3.63, 3.8) is 0 Å². The summed E-state index contributed by atoms with van der Waals surface area (Å²) < 4.78 is 38.5. The van der Waals surface area contributed by atoms with Crippen molar-refractivity contribution in [2.75, 3.05) is 13.2 Å². The first-order chi connectivity index (χ1) is 18.0. The van der Waals surface area contributed by atoms with Gasteiger partial charge in [0.25, 0.3) is 0 Å². The van der Waals surface area contributed by atoms with E-state index in [1.807, 2.05) is 91.0 Å². The molecule has 188 valence electrons. The van der Waals surface area contributed by atoms with E-state index in [1.54, 1.807) is 6.92 Å². The second-order valence-electron chi connectivity index (χ2n) is 8.03. The maximum atomic E-state index is 14.2. The van der Waals surface area contributed by atoms with Crippen molar-refractivity contribution in [2.45, 2.75) is 6.92 Å². The van der Waals surface area contributed by atoms with Crippen LogP contribution in [0.5, 0.6) is 5.75 Å². The second kappa shape index (κ2) is 11.8. The minimum atomic E-state index is -3.09. The van der Waals surface area contributed by atoms with Crippen LogP contribution in [0.4, 0.5) is 8.78 Å². The number of carbonyl (C=O) groups is 2. The van der Waals surface area contributed by atoms with Crippen molar-refractivity contribution in [3.05, 3.63) is 121 Å². The smallest absolute Gasteiger partial charge is 0.342 e. The van der Waals surface area contributed by atoms with Crippen molar-refractivity contribution in [2.24, 2.45) is 0 Å². The molecule has 4 aromatic rings. The molecule has 0 aliphatic rings.